The predicted molar refractivity (Wildman–Crippen MR) is 75.3 cm³/mol. The highest BCUT2D eigenvalue weighted by molar-refractivity contribution is 6.09. The minimum Gasteiger partial charge on any atom is -0.350 e. The van der Waals surface area contributed by atoms with Crippen molar-refractivity contribution < 1.29 is 9.18 Å². The number of hydrogen-bond acceptors (Lipinski definition) is 2. The fourth-order valence-electron chi connectivity index (χ4n) is 2.31. The van der Waals surface area contributed by atoms with E-state index in [1.807, 2.05) is 30.3 Å². The lowest BCUT2D eigenvalue weighted by Gasteiger charge is -2.04. The maximum absolute atomic E-state index is 13.5. The van der Waals surface area contributed by atoms with Crippen molar-refractivity contribution in [3.8, 4) is 11.1 Å². The molecule has 1 heterocycles. The SMILES string of the molecule is NNC(=O)c1[nH]c2ccc(F)cc2c1-c1ccccc1. The molecule has 4 N–H and O–H groups in total. The molecule has 0 radical (unpaired) electrons. The average Bonchev–Trinajstić information content (AvgIpc) is 2.85. The fraction of sp³-hybridized carbons (Fsp3) is 0. The van der Waals surface area contributed by atoms with E-state index in [1.54, 1.807) is 6.07 Å². The molecule has 0 aliphatic rings. The zero-order valence-electron chi connectivity index (χ0n) is 10.5. The van der Waals surface area contributed by atoms with Gasteiger partial charge in [0, 0.05) is 16.5 Å². The molecule has 0 unspecified atom stereocenters. The zero-order chi connectivity index (χ0) is 14.1. The Morgan fingerprint density at radius 1 is 1.15 bits per heavy atom. The summed E-state index contributed by atoms with van der Waals surface area (Å²) in [5.74, 6) is 4.41. The Labute approximate surface area is 114 Å². The van der Waals surface area contributed by atoms with Crippen LogP contribution in [0.4, 0.5) is 4.39 Å². The van der Waals surface area contributed by atoms with Crippen LogP contribution in [-0.4, -0.2) is 10.9 Å². The first-order chi connectivity index (χ1) is 9.70. The molecule has 4 nitrogen and oxygen atoms in total. The molecule has 0 fully saturated rings. The molecule has 2 aromatic carbocycles. The van der Waals surface area contributed by atoms with Gasteiger partial charge in [-0.2, -0.15) is 0 Å². The third-order valence-electron chi connectivity index (χ3n) is 3.18. The lowest BCUT2D eigenvalue weighted by molar-refractivity contribution is 0.0950. The van der Waals surface area contributed by atoms with Gasteiger partial charge in [-0.25, -0.2) is 10.2 Å². The number of benzene rings is 2. The summed E-state index contributed by atoms with van der Waals surface area (Å²) in [6, 6.07) is 13.7. The number of fused-ring (bicyclic) bond motifs is 1. The first kappa shape index (κ1) is 12.4. The van der Waals surface area contributed by atoms with Crippen molar-refractivity contribution in [2.75, 3.05) is 0 Å². The molecule has 0 saturated heterocycles. The molecule has 0 aliphatic heterocycles. The van der Waals surface area contributed by atoms with Gasteiger partial charge in [0.15, 0.2) is 0 Å². The van der Waals surface area contributed by atoms with E-state index in [4.69, 9.17) is 5.84 Å². The minimum absolute atomic E-state index is 0.319. The van der Waals surface area contributed by atoms with E-state index in [0.717, 1.165) is 5.56 Å². The number of nitrogen functional groups attached to an aromatic ring is 1. The molecule has 0 spiro atoms. The molecule has 3 rings (SSSR count). The number of nitrogens with one attached hydrogen (secondary N) is 2. The van der Waals surface area contributed by atoms with Crippen LogP contribution < -0.4 is 11.3 Å². The lowest BCUT2D eigenvalue weighted by Crippen LogP contribution is -2.30. The van der Waals surface area contributed by atoms with E-state index < -0.39 is 5.91 Å². The molecule has 100 valence electrons. The maximum Gasteiger partial charge on any atom is 0.282 e. The van der Waals surface area contributed by atoms with Gasteiger partial charge in [-0.3, -0.25) is 10.2 Å². The van der Waals surface area contributed by atoms with E-state index >= 15 is 0 Å². The monoisotopic (exact) mass is 269 g/mol. The van der Waals surface area contributed by atoms with Gasteiger partial charge in [-0.15, -0.1) is 0 Å². The zero-order valence-corrected chi connectivity index (χ0v) is 10.5. The summed E-state index contributed by atoms with van der Waals surface area (Å²) in [6.45, 7) is 0. The number of aromatic amines is 1. The van der Waals surface area contributed by atoms with Gasteiger partial charge in [0.25, 0.3) is 5.91 Å². The molecule has 0 saturated carbocycles. The molecule has 20 heavy (non-hydrogen) atoms. The maximum atomic E-state index is 13.5. The van der Waals surface area contributed by atoms with Gasteiger partial charge in [0.2, 0.25) is 0 Å². The standard InChI is InChI=1S/C15H12FN3O/c16-10-6-7-12-11(8-10)13(9-4-2-1-3-5-9)14(18-12)15(20)19-17/h1-8,18H,17H2,(H,19,20). The Morgan fingerprint density at radius 3 is 2.60 bits per heavy atom. The first-order valence-electron chi connectivity index (χ1n) is 6.08. The summed E-state index contributed by atoms with van der Waals surface area (Å²) in [7, 11) is 0. The third kappa shape index (κ3) is 1.94. The molecule has 0 bridgehead atoms. The van der Waals surface area contributed by atoms with Crippen molar-refractivity contribution in [3.63, 3.8) is 0 Å². The van der Waals surface area contributed by atoms with Crippen LogP contribution in [0.1, 0.15) is 10.5 Å². The largest absolute Gasteiger partial charge is 0.350 e. The number of nitrogens with two attached hydrogens (primary N) is 1. The van der Waals surface area contributed by atoms with Crippen molar-refractivity contribution >= 4 is 16.8 Å². The van der Waals surface area contributed by atoms with E-state index in [2.05, 4.69) is 10.4 Å². The Bertz CT molecular complexity index is 780. The second kappa shape index (κ2) is 4.79. The summed E-state index contributed by atoms with van der Waals surface area (Å²) in [5, 5.41) is 0.648. The van der Waals surface area contributed by atoms with Crippen LogP contribution in [0, 0.1) is 5.82 Å². The minimum atomic E-state index is -0.444. The molecule has 1 amide bonds. The van der Waals surface area contributed by atoms with Crippen molar-refractivity contribution in [2.45, 2.75) is 0 Å². The van der Waals surface area contributed by atoms with Crippen LogP contribution in [0.3, 0.4) is 0 Å². The Hall–Kier alpha value is -2.66. The van der Waals surface area contributed by atoms with Gasteiger partial charge >= 0.3 is 0 Å². The van der Waals surface area contributed by atoms with Gasteiger partial charge in [0.1, 0.15) is 11.5 Å². The third-order valence-corrected chi connectivity index (χ3v) is 3.18. The second-order valence-corrected chi connectivity index (χ2v) is 4.40. The predicted octanol–water partition coefficient (Wildman–Crippen LogP) is 2.58. The summed E-state index contributed by atoms with van der Waals surface area (Å²) in [5.41, 5.74) is 4.57. The summed E-state index contributed by atoms with van der Waals surface area (Å²) in [4.78, 5) is 14.9. The van der Waals surface area contributed by atoms with Crippen molar-refractivity contribution in [3.05, 3.63) is 60.0 Å². The van der Waals surface area contributed by atoms with E-state index in [0.29, 0.717) is 22.2 Å². The van der Waals surface area contributed by atoms with Crippen LogP contribution in [0.5, 0.6) is 0 Å². The summed E-state index contributed by atoms with van der Waals surface area (Å²) in [6.07, 6.45) is 0. The Morgan fingerprint density at radius 2 is 1.90 bits per heavy atom. The fourth-order valence-corrected chi connectivity index (χ4v) is 2.31. The number of amides is 1. The summed E-state index contributed by atoms with van der Waals surface area (Å²) < 4.78 is 13.5. The molecule has 0 atom stereocenters. The first-order valence-corrected chi connectivity index (χ1v) is 6.08. The van der Waals surface area contributed by atoms with Crippen molar-refractivity contribution in [1.29, 1.82) is 0 Å². The highest BCUT2D eigenvalue weighted by Gasteiger charge is 2.18. The number of aromatic nitrogens is 1. The number of carbonyl (C=O) groups is 1. The number of H-pyrrole nitrogens is 1. The smallest absolute Gasteiger partial charge is 0.282 e. The van der Waals surface area contributed by atoms with Crippen LogP contribution in [0.15, 0.2) is 48.5 Å². The van der Waals surface area contributed by atoms with Crippen LogP contribution in [0.2, 0.25) is 0 Å². The Balaban J connectivity index is 2.36. The van der Waals surface area contributed by atoms with E-state index in [9.17, 15) is 9.18 Å². The van der Waals surface area contributed by atoms with Gasteiger partial charge in [0.05, 0.1) is 0 Å². The molecule has 5 heteroatoms. The average molecular weight is 269 g/mol. The molecule has 1 aromatic heterocycles. The van der Waals surface area contributed by atoms with Crippen LogP contribution in [-0.2, 0) is 0 Å². The highest BCUT2D eigenvalue weighted by Crippen LogP contribution is 2.32. The quantitative estimate of drug-likeness (QED) is 0.380. The highest BCUT2D eigenvalue weighted by atomic mass is 19.1. The molecular formula is C15H12FN3O. The van der Waals surface area contributed by atoms with E-state index in [-0.39, 0.29) is 5.82 Å². The normalized spacial score (nSPS) is 10.7. The number of carbonyl (C=O) groups excluding carboxylic acids is 1. The van der Waals surface area contributed by atoms with Crippen molar-refractivity contribution in [1.82, 2.24) is 10.4 Å². The van der Waals surface area contributed by atoms with Crippen LogP contribution >= 0.6 is 0 Å². The van der Waals surface area contributed by atoms with Gasteiger partial charge in [-0.05, 0) is 23.8 Å². The van der Waals surface area contributed by atoms with Gasteiger partial charge < -0.3 is 4.98 Å². The lowest BCUT2D eigenvalue weighted by atomic mass is 10.0. The van der Waals surface area contributed by atoms with Gasteiger partial charge in [-0.1, -0.05) is 30.3 Å². The number of halogens is 1. The molecule has 0 aliphatic carbocycles. The number of hydrazine groups is 1. The number of hydrogen-bond donors (Lipinski definition) is 3. The van der Waals surface area contributed by atoms with E-state index in [1.165, 1.54) is 12.1 Å². The van der Waals surface area contributed by atoms with Crippen molar-refractivity contribution in [2.24, 2.45) is 5.84 Å². The van der Waals surface area contributed by atoms with Crippen LogP contribution in [0.25, 0.3) is 22.0 Å². The molecular weight excluding hydrogens is 257 g/mol. The number of rotatable bonds is 2. The molecule has 3 aromatic rings. The Kier molecular flexibility index (Phi) is 2.96. The second-order valence-electron chi connectivity index (χ2n) is 4.40. The topological polar surface area (TPSA) is 70.9 Å². The summed E-state index contributed by atoms with van der Waals surface area (Å²) >= 11 is 0.